The number of carbonyl (C=O) groups is 3. The number of hydrogen-bond acceptors (Lipinski definition) is 3. The van der Waals surface area contributed by atoms with Crippen LogP contribution in [0.4, 0.5) is 5.69 Å². The minimum Gasteiger partial charge on any atom is -0.480 e. The molecule has 1 N–H and O–H groups in total. The summed E-state index contributed by atoms with van der Waals surface area (Å²) in [7, 11) is 0. The van der Waals surface area contributed by atoms with Gasteiger partial charge in [0.05, 0.1) is 16.3 Å². The molecule has 1 heterocycles. The fraction of sp³-hybridized carbons (Fsp3) is 0.100. The van der Waals surface area contributed by atoms with Gasteiger partial charge in [-0.15, -0.1) is 0 Å². The second-order valence-corrected chi connectivity index (χ2v) is 3.66. The Kier molecular flexibility index (Phi) is 2.40. The van der Waals surface area contributed by atoms with Crippen LogP contribution in [0.3, 0.4) is 0 Å². The molecule has 0 fully saturated rings. The molecule has 16 heavy (non-hydrogen) atoms. The molecule has 2 rings (SSSR count). The molecule has 1 amide bonds. The number of hydrogen-bond donors (Lipinski definition) is 1. The molecule has 0 unspecified atom stereocenters. The number of anilines is 1. The zero-order valence-electron chi connectivity index (χ0n) is 7.94. The van der Waals surface area contributed by atoms with Crippen LogP contribution in [-0.4, -0.2) is 29.3 Å². The van der Waals surface area contributed by atoms with Crippen LogP contribution in [-0.2, 0) is 9.59 Å². The van der Waals surface area contributed by atoms with Crippen molar-refractivity contribution in [3.05, 3.63) is 28.8 Å². The van der Waals surface area contributed by atoms with Gasteiger partial charge in [-0.25, -0.2) is 0 Å². The van der Waals surface area contributed by atoms with Crippen molar-refractivity contribution in [2.24, 2.45) is 0 Å². The van der Waals surface area contributed by atoms with Gasteiger partial charge in [-0.2, -0.15) is 0 Å². The monoisotopic (exact) mass is 239 g/mol. The maximum Gasteiger partial charge on any atom is 0.323 e. The summed E-state index contributed by atoms with van der Waals surface area (Å²) in [5.41, 5.74) is 0.334. The maximum atomic E-state index is 11.5. The first-order valence-electron chi connectivity index (χ1n) is 4.39. The van der Waals surface area contributed by atoms with E-state index in [4.69, 9.17) is 16.7 Å². The summed E-state index contributed by atoms with van der Waals surface area (Å²) in [5.74, 6) is -2.80. The summed E-state index contributed by atoms with van der Waals surface area (Å²) < 4.78 is 0. The molecule has 5 nitrogen and oxygen atoms in total. The summed E-state index contributed by atoms with van der Waals surface area (Å²) in [5, 5.41) is 8.79. The number of aliphatic carboxylic acids is 1. The van der Waals surface area contributed by atoms with Crippen molar-refractivity contribution in [1.82, 2.24) is 0 Å². The van der Waals surface area contributed by atoms with Crippen LogP contribution in [0, 0.1) is 0 Å². The Labute approximate surface area is 95.2 Å². The number of carboxylic acids is 1. The van der Waals surface area contributed by atoms with Crippen molar-refractivity contribution < 1.29 is 19.5 Å². The van der Waals surface area contributed by atoms with E-state index in [0.29, 0.717) is 0 Å². The molecular weight excluding hydrogens is 234 g/mol. The van der Waals surface area contributed by atoms with E-state index < -0.39 is 24.2 Å². The Hall–Kier alpha value is -1.88. The van der Waals surface area contributed by atoms with Crippen molar-refractivity contribution in [2.45, 2.75) is 0 Å². The third kappa shape index (κ3) is 1.45. The highest BCUT2D eigenvalue weighted by atomic mass is 35.5. The normalized spacial score (nSPS) is 14.2. The Morgan fingerprint density at radius 1 is 1.38 bits per heavy atom. The first-order valence-corrected chi connectivity index (χ1v) is 4.76. The van der Waals surface area contributed by atoms with Crippen molar-refractivity contribution in [2.75, 3.05) is 11.4 Å². The molecule has 1 aromatic carbocycles. The number of fused-ring (bicyclic) bond motifs is 1. The van der Waals surface area contributed by atoms with E-state index >= 15 is 0 Å². The predicted octanol–water partition coefficient (Wildman–Crippen LogP) is 0.954. The molecule has 0 saturated carbocycles. The van der Waals surface area contributed by atoms with E-state index in [1.165, 1.54) is 12.1 Å². The van der Waals surface area contributed by atoms with Crippen LogP contribution in [0.1, 0.15) is 10.4 Å². The summed E-state index contributed by atoms with van der Waals surface area (Å²) >= 11 is 5.78. The highest BCUT2D eigenvalue weighted by molar-refractivity contribution is 6.55. The Bertz CT molecular complexity index is 512. The quantitative estimate of drug-likeness (QED) is 0.780. The SMILES string of the molecule is O=C(O)CN1C(=O)C(=O)c2c(Cl)cccc21. The highest BCUT2D eigenvalue weighted by Gasteiger charge is 2.38. The van der Waals surface area contributed by atoms with Crippen molar-refractivity contribution >= 4 is 34.9 Å². The van der Waals surface area contributed by atoms with Crippen LogP contribution in [0.2, 0.25) is 5.02 Å². The molecule has 0 radical (unpaired) electrons. The van der Waals surface area contributed by atoms with Crippen LogP contribution in [0.15, 0.2) is 18.2 Å². The average Bonchev–Trinajstić information content (AvgIpc) is 2.44. The number of carboxylic acid groups (broad SMARTS) is 1. The fourth-order valence-electron chi connectivity index (χ4n) is 1.59. The molecule has 82 valence electrons. The van der Waals surface area contributed by atoms with Gasteiger partial charge in [-0.3, -0.25) is 19.3 Å². The van der Waals surface area contributed by atoms with Gasteiger partial charge < -0.3 is 5.11 Å². The second kappa shape index (κ2) is 3.61. The molecule has 1 aliphatic heterocycles. The summed E-state index contributed by atoms with van der Waals surface area (Å²) in [4.78, 5) is 34.5. The number of carbonyl (C=O) groups excluding carboxylic acids is 2. The molecule has 0 saturated heterocycles. The molecule has 1 aliphatic rings. The molecule has 0 spiro atoms. The third-order valence-electron chi connectivity index (χ3n) is 2.24. The third-order valence-corrected chi connectivity index (χ3v) is 2.56. The Morgan fingerprint density at radius 3 is 2.69 bits per heavy atom. The van der Waals surface area contributed by atoms with Gasteiger partial charge in [0.25, 0.3) is 11.7 Å². The van der Waals surface area contributed by atoms with Gasteiger partial charge >= 0.3 is 5.97 Å². The summed E-state index contributed by atoms with van der Waals surface area (Å²) in [6, 6.07) is 4.53. The average molecular weight is 240 g/mol. The van der Waals surface area contributed by atoms with Crippen LogP contribution < -0.4 is 4.90 Å². The number of rotatable bonds is 2. The van der Waals surface area contributed by atoms with E-state index in [-0.39, 0.29) is 16.3 Å². The minimum absolute atomic E-state index is 0.0791. The van der Waals surface area contributed by atoms with E-state index in [2.05, 4.69) is 0 Å². The van der Waals surface area contributed by atoms with E-state index in [1.807, 2.05) is 0 Å². The molecule has 0 aromatic heterocycles. The minimum atomic E-state index is -1.19. The van der Waals surface area contributed by atoms with Crippen LogP contribution in [0.25, 0.3) is 0 Å². The fourth-order valence-corrected chi connectivity index (χ4v) is 1.85. The van der Waals surface area contributed by atoms with Gasteiger partial charge in [0.15, 0.2) is 0 Å². The Balaban J connectivity index is 2.54. The highest BCUT2D eigenvalue weighted by Crippen LogP contribution is 2.33. The maximum absolute atomic E-state index is 11.5. The number of Topliss-reactive ketones (excluding diaryl/α,β-unsaturated/α-hetero) is 1. The molecular formula is C10H6ClNO4. The van der Waals surface area contributed by atoms with Gasteiger partial charge in [-0.1, -0.05) is 17.7 Å². The van der Waals surface area contributed by atoms with Crippen LogP contribution >= 0.6 is 11.6 Å². The number of ketones is 1. The zero-order chi connectivity index (χ0) is 11.9. The largest absolute Gasteiger partial charge is 0.480 e. The van der Waals surface area contributed by atoms with Crippen molar-refractivity contribution in [3.63, 3.8) is 0 Å². The summed E-state index contributed by atoms with van der Waals surface area (Å²) in [6.45, 7) is -0.544. The summed E-state index contributed by atoms with van der Waals surface area (Å²) in [6.07, 6.45) is 0. The second-order valence-electron chi connectivity index (χ2n) is 3.25. The van der Waals surface area contributed by atoms with E-state index in [1.54, 1.807) is 6.07 Å². The lowest BCUT2D eigenvalue weighted by molar-refractivity contribution is -0.136. The standard InChI is InChI=1S/C10H6ClNO4/c11-5-2-1-3-6-8(5)9(15)10(16)12(6)4-7(13)14/h1-3H,4H2,(H,13,14). The van der Waals surface area contributed by atoms with Gasteiger partial charge in [-0.05, 0) is 12.1 Å². The number of nitrogens with zero attached hydrogens (tertiary/aromatic N) is 1. The molecule has 0 bridgehead atoms. The first kappa shape index (κ1) is 10.6. The smallest absolute Gasteiger partial charge is 0.323 e. The zero-order valence-corrected chi connectivity index (χ0v) is 8.69. The molecule has 0 aliphatic carbocycles. The topological polar surface area (TPSA) is 74.7 Å². The van der Waals surface area contributed by atoms with Gasteiger partial charge in [0.2, 0.25) is 0 Å². The Morgan fingerprint density at radius 2 is 2.06 bits per heavy atom. The first-order chi connectivity index (χ1) is 7.52. The molecule has 1 aromatic rings. The lowest BCUT2D eigenvalue weighted by Gasteiger charge is -2.12. The number of benzene rings is 1. The van der Waals surface area contributed by atoms with Crippen LogP contribution in [0.5, 0.6) is 0 Å². The van der Waals surface area contributed by atoms with E-state index in [9.17, 15) is 14.4 Å². The lowest BCUT2D eigenvalue weighted by atomic mass is 10.1. The molecule has 6 heteroatoms. The number of amides is 1. The van der Waals surface area contributed by atoms with Gasteiger partial charge in [0, 0.05) is 0 Å². The van der Waals surface area contributed by atoms with Crippen molar-refractivity contribution in [3.8, 4) is 0 Å². The van der Waals surface area contributed by atoms with E-state index in [0.717, 1.165) is 4.90 Å². The van der Waals surface area contributed by atoms with Crippen molar-refractivity contribution in [1.29, 1.82) is 0 Å². The lowest BCUT2D eigenvalue weighted by Crippen LogP contribution is -2.34. The van der Waals surface area contributed by atoms with Gasteiger partial charge in [0.1, 0.15) is 6.54 Å². The number of halogens is 1. The predicted molar refractivity (Wildman–Crippen MR) is 55.8 cm³/mol. The molecule has 0 atom stereocenters.